The molecule has 0 radical (unpaired) electrons. The van der Waals surface area contributed by atoms with E-state index in [4.69, 9.17) is 19.4 Å². The normalized spacial score (nSPS) is 17.0. The second-order valence-electron chi connectivity index (χ2n) is 9.71. The molecule has 2 aromatic heterocycles. The van der Waals surface area contributed by atoms with Crippen molar-refractivity contribution in [1.29, 1.82) is 0 Å². The molecule has 180 valence electrons. The first-order chi connectivity index (χ1) is 17.2. The van der Waals surface area contributed by atoms with Gasteiger partial charge < -0.3 is 19.3 Å². The van der Waals surface area contributed by atoms with Crippen molar-refractivity contribution in [2.75, 3.05) is 62.4 Å². The van der Waals surface area contributed by atoms with Crippen molar-refractivity contribution < 1.29 is 9.47 Å². The van der Waals surface area contributed by atoms with Crippen molar-refractivity contribution >= 4 is 33.4 Å². The van der Waals surface area contributed by atoms with Gasteiger partial charge in [0.2, 0.25) is 0 Å². The maximum absolute atomic E-state index is 5.64. The van der Waals surface area contributed by atoms with Crippen molar-refractivity contribution in [3.8, 4) is 11.1 Å². The molecule has 0 N–H and O–H groups in total. The van der Waals surface area contributed by atoms with E-state index >= 15 is 0 Å². The van der Waals surface area contributed by atoms with Gasteiger partial charge in [-0.2, -0.15) is 0 Å². The van der Waals surface area contributed by atoms with E-state index < -0.39 is 0 Å². The molecule has 2 aromatic carbocycles. The summed E-state index contributed by atoms with van der Waals surface area (Å²) in [7, 11) is 0. The fourth-order valence-electron chi connectivity index (χ4n) is 5.19. The van der Waals surface area contributed by atoms with E-state index in [0.29, 0.717) is 5.92 Å². The van der Waals surface area contributed by atoms with Gasteiger partial charge in [0.25, 0.3) is 0 Å². The van der Waals surface area contributed by atoms with Crippen molar-refractivity contribution in [2.24, 2.45) is 0 Å². The number of aromatic nitrogens is 2. The summed E-state index contributed by atoms with van der Waals surface area (Å²) in [6.07, 6.45) is 0. The molecule has 6 rings (SSSR count). The van der Waals surface area contributed by atoms with Crippen LogP contribution in [0, 0.1) is 0 Å². The van der Waals surface area contributed by atoms with Crippen LogP contribution in [-0.2, 0) is 9.47 Å². The summed E-state index contributed by atoms with van der Waals surface area (Å²) in [6.45, 7) is 10.9. The van der Waals surface area contributed by atoms with Gasteiger partial charge in [0.15, 0.2) is 0 Å². The molecule has 2 aliphatic heterocycles. The average molecular weight is 469 g/mol. The molecule has 0 amide bonds. The molecule has 35 heavy (non-hydrogen) atoms. The maximum Gasteiger partial charge on any atom is 0.137 e. The van der Waals surface area contributed by atoms with E-state index in [1.54, 1.807) is 0 Å². The summed E-state index contributed by atoms with van der Waals surface area (Å²) in [5, 5.41) is 2.38. The minimum atomic E-state index is 0.383. The molecule has 0 unspecified atom stereocenters. The minimum Gasteiger partial charge on any atom is -0.378 e. The second-order valence-corrected chi connectivity index (χ2v) is 9.71. The molecule has 4 aromatic rings. The average Bonchev–Trinajstić information content (AvgIpc) is 2.92. The van der Waals surface area contributed by atoms with E-state index in [-0.39, 0.29) is 0 Å². The van der Waals surface area contributed by atoms with Gasteiger partial charge in [-0.3, -0.25) is 0 Å². The molecular weight excluding hydrogens is 436 g/mol. The highest BCUT2D eigenvalue weighted by atomic mass is 16.5. The fourth-order valence-corrected chi connectivity index (χ4v) is 5.19. The Morgan fingerprint density at radius 1 is 0.743 bits per heavy atom. The van der Waals surface area contributed by atoms with Crippen LogP contribution in [-0.4, -0.2) is 62.6 Å². The van der Waals surface area contributed by atoms with Crippen molar-refractivity contribution in [3.05, 3.63) is 60.2 Å². The van der Waals surface area contributed by atoms with Gasteiger partial charge in [-0.15, -0.1) is 0 Å². The SMILES string of the molecule is CC(C)c1cc(-c2cc3ccccc3nc2N2CCOCC2)cc2nc(N3CCOCC3)ccc12. The Hall–Kier alpha value is -3.22. The number of rotatable bonds is 4. The molecule has 2 aliphatic rings. The van der Waals surface area contributed by atoms with Crippen LogP contribution in [0.4, 0.5) is 11.6 Å². The third-order valence-electron chi connectivity index (χ3n) is 7.11. The van der Waals surface area contributed by atoms with Crippen LogP contribution < -0.4 is 9.80 Å². The van der Waals surface area contributed by atoms with Gasteiger partial charge in [-0.1, -0.05) is 38.1 Å². The smallest absolute Gasteiger partial charge is 0.137 e. The lowest BCUT2D eigenvalue weighted by Crippen LogP contribution is -2.37. The quantitative estimate of drug-likeness (QED) is 0.408. The number of anilines is 2. The van der Waals surface area contributed by atoms with Gasteiger partial charge in [0.05, 0.1) is 37.5 Å². The molecule has 0 bridgehead atoms. The number of nitrogens with zero attached hydrogens (tertiary/aromatic N) is 4. The summed E-state index contributed by atoms with van der Waals surface area (Å²) >= 11 is 0. The van der Waals surface area contributed by atoms with Gasteiger partial charge in [0, 0.05) is 42.5 Å². The Morgan fingerprint density at radius 2 is 1.46 bits per heavy atom. The highest BCUT2D eigenvalue weighted by molar-refractivity contribution is 5.94. The number of hydrogen-bond donors (Lipinski definition) is 0. The van der Waals surface area contributed by atoms with Crippen molar-refractivity contribution in [2.45, 2.75) is 19.8 Å². The van der Waals surface area contributed by atoms with Crippen LogP contribution >= 0.6 is 0 Å². The molecule has 6 heteroatoms. The zero-order valence-corrected chi connectivity index (χ0v) is 20.5. The van der Waals surface area contributed by atoms with E-state index in [9.17, 15) is 0 Å². The lowest BCUT2D eigenvalue weighted by atomic mass is 9.92. The first-order valence-corrected chi connectivity index (χ1v) is 12.7. The highest BCUT2D eigenvalue weighted by Crippen LogP contribution is 2.37. The highest BCUT2D eigenvalue weighted by Gasteiger charge is 2.21. The molecule has 6 nitrogen and oxygen atoms in total. The molecule has 4 heterocycles. The van der Waals surface area contributed by atoms with Crippen LogP contribution in [0.25, 0.3) is 32.9 Å². The van der Waals surface area contributed by atoms with Crippen LogP contribution in [0.5, 0.6) is 0 Å². The van der Waals surface area contributed by atoms with Gasteiger partial charge >= 0.3 is 0 Å². The van der Waals surface area contributed by atoms with E-state index in [1.807, 2.05) is 0 Å². The van der Waals surface area contributed by atoms with E-state index in [2.05, 4.69) is 78.2 Å². The summed E-state index contributed by atoms with van der Waals surface area (Å²) in [5.41, 5.74) is 5.71. The molecule has 0 atom stereocenters. The van der Waals surface area contributed by atoms with Crippen LogP contribution in [0.3, 0.4) is 0 Å². The monoisotopic (exact) mass is 468 g/mol. The lowest BCUT2D eigenvalue weighted by Gasteiger charge is -2.30. The van der Waals surface area contributed by atoms with Crippen molar-refractivity contribution in [1.82, 2.24) is 9.97 Å². The molecular formula is C29H32N4O2. The number of para-hydroxylation sites is 1. The Labute approximate surface area is 206 Å². The van der Waals surface area contributed by atoms with Crippen LogP contribution in [0.2, 0.25) is 0 Å². The fraction of sp³-hybridized carbons (Fsp3) is 0.379. The number of morpholine rings is 2. The summed E-state index contributed by atoms with van der Waals surface area (Å²) in [5.74, 6) is 2.44. The number of hydrogen-bond acceptors (Lipinski definition) is 6. The predicted molar refractivity (Wildman–Crippen MR) is 143 cm³/mol. The maximum atomic E-state index is 5.64. The zero-order valence-electron chi connectivity index (χ0n) is 20.5. The number of ether oxygens (including phenoxy) is 2. The first kappa shape index (κ1) is 22.3. The Balaban J connectivity index is 1.54. The third kappa shape index (κ3) is 4.32. The Bertz CT molecular complexity index is 1360. The molecule has 0 aliphatic carbocycles. The first-order valence-electron chi connectivity index (χ1n) is 12.7. The Kier molecular flexibility index (Phi) is 6.00. The van der Waals surface area contributed by atoms with E-state index in [0.717, 1.165) is 86.2 Å². The molecule has 2 saturated heterocycles. The minimum absolute atomic E-state index is 0.383. The number of benzene rings is 2. The van der Waals surface area contributed by atoms with Crippen LogP contribution in [0.15, 0.2) is 54.6 Å². The van der Waals surface area contributed by atoms with Crippen LogP contribution in [0.1, 0.15) is 25.3 Å². The summed E-state index contributed by atoms with van der Waals surface area (Å²) in [6, 6.07) is 19.7. The Morgan fingerprint density at radius 3 is 2.20 bits per heavy atom. The number of fused-ring (bicyclic) bond motifs is 2. The second kappa shape index (κ2) is 9.44. The number of pyridine rings is 2. The topological polar surface area (TPSA) is 50.7 Å². The van der Waals surface area contributed by atoms with Crippen molar-refractivity contribution in [3.63, 3.8) is 0 Å². The molecule has 0 saturated carbocycles. The van der Waals surface area contributed by atoms with Gasteiger partial charge in [0.1, 0.15) is 11.6 Å². The zero-order chi connectivity index (χ0) is 23.8. The molecule has 2 fully saturated rings. The largest absolute Gasteiger partial charge is 0.378 e. The lowest BCUT2D eigenvalue weighted by molar-refractivity contribution is 0.122. The van der Waals surface area contributed by atoms with E-state index in [1.165, 1.54) is 16.5 Å². The summed E-state index contributed by atoms with van der Waals surface area (Å²) in [4.78, 5) is 15.0. The standard InChI is InChI=1S/C29H32N4O2/c1-20(2)24-18-22(19-27-23(24)7-8-28(30-27)32-9-13-34-14-10-32)25-17-21-5-3-4-6-26(21)31-29(25)33-11-15-35-16-12-33/h3-8,17-20H,9-16H2,1-2H3. The summed E-state index contributed by atoms with van der Waals surface area (Å²) < 4.78 is 11.2. The third-order valence-corrected chi connectivity index (χ3v) is 7.11. The van der Waals surface area contributed by atoms with Gasteiger partial charge in [-0.05, 0) is 47.4 Å². The molecule has 0 spiro atoms. The van der Waals surface area contributed by atoms with Gasteiger partial charge in [-0.25, -0.2) is 9.97 Å². The predicted octanol–water partition coefficient (Wildman–Crippen LogP) is 5.25.